The van der Waals surface area contributed by atoms with Gasteiger partial charge in [0.05, 0.1) is 6.54 Å². The Bertz CT molecular complexity index is 282. The van der Waals surface area contributed by atoms with Gasteiger partial charge in [-0.3, -0.25) is 0 Å². The van der Waals surface area contributed by atoms with E-state index in [0.717, 1.165) is 23.2 Å². The van der Waals surface area contributed by atoms with E-state index in [9.17, 15) is 0 Å². The molecule has 1 aromatic rings. The van der Waals surface area contributed by atoms with Crippen LogP contribution in [0.5, 0.6) is 0 Å². The van der Waals surface area contributed by atoms with Gasteiger partial charge in [-0.05, 0) is 20.3 Å². The molecule has 0 unspecified atom stereocenters. The van der Waals surface area contributed by atoms with Gasteiger partial charge < -0.3 is 10.3 Å². The number of hydrogen-bond acceptors (Lipinski definition) is 4. The van der Waals surface area contributed by atoms with E-state index in [1.165, 1.54) is 0 Å². The van der Waals surface area contributed by atoms with Gasteiger partial charge in [0.15, 0.2) is 5.16 Å². The van der Waals surface area contributed by atoms with Gasteiger partial charge >= 0.3 is 0 Å². The molecule has 0 bridgehead atoms. The summed E-state index contributed by atoms with van der Waals surface area (Å²) in [6.07, 6.45) is 1.15. The monoisotopic (exact) mass is 214 g/mol. The van der Waals surface area contributed by atoms with Crippen molar-refractivity contribution in [3.8, 4) is 0 Å². The molecule has 0 aliphatic rings. The second kappa shape index (κ2) is 5.36. The van der Waals surface area contributed by atoms with Crippen molar-refractivity contribution in [2.45, 2.75) is 44.9 Å². The standard InChI is InChI=1S/C9H18N4S/c1-4-5-14-9-12-11-8(6-10)13(9)7(2)3/h7H,4-6,10H2,1-3H3. The molecule has 14 heavy (non-hydrogen) atoms. The van der Waals surface area contributed by atoms with Crippen LogP contribution in [0.4, 0.5) is 0 Å². The number of rotatable bonds is 5. The van der Waals surface area contributed by atoms with Crippen molar-refractivity contribution in [3.63, 3.8) is 0 Å². The molecule has 5 heteroatoms. The van der Waals surface area contributed by atoms with Crippen LogP contribution < -0.4 is 5.73 Å². The molecule has 0 aliphatic carbocycles. The lowest BCUT2D eigenvalue weighted by Gasteiger charge is -2.12. The summed E-state index contributed by atoms with van der Waals surface area (Å²) in [5, 5.41) is 9.21. The van der Waals surface area contributed by atoms with Crippen molar-refractivity contribution in [2.75, 3.05) is 5.75 Å². The topological polar surface area (TPSA) is 56.7 Å². The summed E-state index contributed by atoms with van der Waals surface area (Å²) in [6.45, 7) is 6.86. The number of hydrogen-bond donors (Lipinski definition) is 1. The zero-order chi connectivity index (χ0) is 10.6. The molecule has 0 aliphatic heterocycles. The third kappa shape index (κ3) is 2.48. The molecule has 0 saturated carbocycles. The van der Waals surface area contributed by atoms with Crippen LogP contribution in [-0.2, 0) is 6.54 Å². The molecular weight excluding hydrogens is 196 g/mol. The van der Waals surface area contributed by atoms with Crippen molar-refractivity contribution in [1.29, 1.82) is 0 Å². The van der Waals surface area contributed by atoms with Gasteiger partial charge in [-0.2, -0.15) is 0 Å². The normalized spacial score (nSPS) is 11.2. The van der Waals surface area contributed by atoms with Gasteiger partial charge in [-0.1, -0.05) is 18.7 Å². The Morgan fingerprint density at radius 1 is 1.43 bits per heavy atom. The van der Waals surface area contributed by atoms with E-state index in [4.69, 9.17) is 5.73 Å². The van der Waals surface area contributed by atoms with Crippen LogP contribution >= 0.6 is 11.8 Å². The molecule has 0 atom stereocenters. The molecule has 4 nitrogen and oxygen atoms in total. The highest BCUT2D eigenvalue weighted by Crippen LogP contribution is 2.21. The summed E-state index contributed by atoms with van der Waals surface area (Å²) in [4.78, 5) is 0. The minimum atomic E-state index is 0.378. The van der Waals surface area contributed by atoms with E-state index in [1.807, 2.05) is 0 Å². The molecule has 0 amide bonds. The van der Waals surface area contributed by atoms with E-state index >= 15 is 0 Å². The first-order valence-electron chi connectivity index (χ1n) is 4.97. The fraction of sp³-hybridized carbons (Fsp3) is 0.778. The van der Waals surface area contributed by atoms with Crippen molar-refractivity contribution < 1.29 is 0 Å². The van der Waals surface area contributed by atoms with Gasteiger partial charge in [0, 0.05) is 11.8 Å². The average Bonchev–Trinajstić information content (AvgIpc) is 2.57. The summed E-state index contributed by atoms with van der Waals surface area (Å²) in [7, 11) is 0. The van der Waals surface area contributed by atoms with E-state index in [-0.39, 0.29) is 0 Å². The zero-order valence-electron chi connectivity index (χ0n) is 9.03. The predicted octanol–water partition coefficient (Wildman–Crippen LogP) is 1.82. The van der Waals surface area contributed by atoms with Gasteiger partial charge in [-0.15, -0.1) is 10.2 Å². The fourth-order valence-electron chi connectivity index (χ4n) is 1.26. The Balaban J connectivity index is 2.87. The maximum absolute atomic E-state index is 5.60. The molecule has 80 valence electrons. The number of nitrogens with zero attached hydrogens (tertiary/aromatic N) is 3. The minimum Gasteiger partial charge on any atom is -0.324 e. The summed E-state index contributed by atoms with van der Waals surface area (Å²) < 4.78 is 2.11. The first-order chi connectivity index (χ1) is 6.70. The van der Waals surface area contributed by atoms with Crippen molar-refractivity contribution >= 4 is 11.8 Å². The van der Waals surface area contributed by atoms with Gasteiger partial charge in [-0.25, -0.2) is 0 Å². The SMILES string of the molecule is CCCSc1nnc(CN)n1C(C)C. The predicted molar refractivity (Wildman–Crippen MR) is 59.3 cm³/mol. The lowest BCUT2D eigenvalue weighted by atomic mass is 10.4. The van der Waals surface area contributed by atoms with Crippen molar-refractivity contribution in [1.82, 2.24) is 14.8 Å². The first-order valence-corrected chi connectivity index (χ1v) is 5.95. The van der Waals surface area contributed by atoms with E-state index < -0.39 is 0 Å². The van der Waals surface area contributed by atoms with Crippen LogP contribution in [-0.4, -0.2) is 20.5 Å². The van der Waals surface area contributed by atoms with Crippen LogP contribution in [0.1, 0.15) is 39.1 Å². The van der Waals surface area contributed by atoms with E-state index in [1.54, 1.807) is 11.8 Å². The Labute approximate surface area is 89.3 Å². The molecule has 0 aromatic carbocycles. The van der Waals surface area contributed by atoms with Crippen LogP contribution in [0, 0.1) is 0 Å². The highest BCUT2D eigenvalue weighted by Gasteiger charge is 2.13. The maximum atomic E-state index is 5.60. The Hall–Kier alpha value is -0.550. The van der Waals surface area contributed by atoms with Crippen LogP contribution in [0.15, 0.2) is 5.16 Å². The molecule has 2 N–H and O–H groups in total. The molecular formula is C9H18N4S. The zero-order valence-corrected chi connectivity index (χ0v) is 9.84. The smallest absolute Gasteiger partial charge is 0.191 e. The number of thioether (sulfide) groups is 1. The van der Waals surface area contributed by atoms with Crippen molar-refractivity contribution in [2.24, 2.45) is 5.73 Å². The van der Waals surface area contributed by atoms with Gasteiger partial charge in [0.25, 0.3) is 0 Å². The minimum absolute atomic E-state index is 0.378. The molecule has 0 saturated heterocycles. The maximum Gasteiger partial charge on any atom is 0.191 e. The molecule has 0 radical (unpaired) electrons. The molecule has 1 heterocycles. The summed E-state index contributed by atoms with van der Waals surface area (Å²) in [5.41, 5.74) is 5.60. The third-order valence-corrected chi connectivity index (χ3v) is 3.02. The van der Waals surface area contributed by atoms with E-state index in [0.29, 0.717) is 12.6 Å². The first kappa shape index (κ1) is 11.5. The Morgan fingerprint density at radius 3 is 2.64 bits per heavy atom. The summed E-state index contributed by atoms with van der Waals surface area (Å²) in [6, 6.07) is 0.378. The van der Waals surface area contributed by atoms with Gasteiger partial charge in [0.2, 0.25) is 0 Å². The average molecular weight is 214 g/mol. The molecule has 0 spiro atoms. The number of aromatic nitrogens is 3. The number of nitrogens with two attached hydrogens (primary N) is 1. The van der Waals surface area contributed by atoms with Crippen molar-refractivity contribution in [3.05, 3.63) is 5.82 Å². The van der Waals surface area contributed by atoms with Crippen LogP contribution in [0.2, 0.25) is 0 Å². The fourth-order valence-corrected chi connectivity index (χ4v) is 2.20. The molecule has 1 aromatic heterocycles. The summed E-state index contributed by atoms with van der Waals surface area (Å²) >= 11 is 1.75. The molecule has 0 fully saturated rings. The lowest BCUT2D eigenvalue weighted by molar-refractivity contribution is 0.526. The van der Waals surface area contributed by atoms with E-state index in [2.05, 4.69) is 35.5 Å². The third-order valence-electron chi connectivity index (χ3n) is 1.87. The lowest BCUT2D eigenvalue weighted by Crippen LogP contribution is -2.11. The Morgan fingerprint density at radius 2 is 2.14 bits per heavy atom. The van der Waals surface area contributed by atoms with Crippen LogP contribution in [0.3, 0.4) is 0 Å². The second-order valence-corrected chi connectivity index (χ2v) is 4.48. The largest absolute Gasteiger partial charge is 0.324 e. The quantitative estimate of drug-likeness (QED) is 0.760. The van der Waals surface area contributed by atoms with Gasteiger partial charge in [0.1, 0.15) is 5.82 Å². The highest BCUT2D eigenvalue weighted by molar-refractivity contribution is 7.99. The highest BCUT2D eigenvalue weighted by atomic mass is 32.2. The Kier molecular flexibility index (Phi) is 4.41. The summed E-state index contributed by atoms with van der Waals surface area (Å²) in [5.74, 6) is 1.95. The molecule has 1 rings (SSSR count). The second-order valence-electron chi connectivity index (χ2n) is 3.42. The van der Waals surface area contributed by atoms with Crippen LogP contribution in [0.25, 0.3) is 0 Å².